The van der Waals surface area contributed by atoms with Crippen LogP contribution in [-0.2, 0) is 9.59 Å². The fourth-order valence-electron chi connectivity index (χ4n) is 1.29. The van der Waals surface area contributed by atoms with Crippen molar-refractivity contribution in [3.63, 3.8) is 0 Å². The highest BCUT2D eigenvalue weighted by atomic mass is 79.9. The first-order valence-electron chi connectivity index (χ1n) is 6.31. The summed E-state index contributed by atoms with van der Waals surface area (Å²) >= 11 is 3.33. The summed E-state index contributed by atoms with van der Waals surface area (Å²) in [7, 11) is 0. The van der Waals surface area contributed by atoms with Crippen molar-refractivity contribution >= 4 is 34.0 Å². The largest absolute Gasteiger partial charge is 0.355 e. The normalized spacial score (nSPS) is 10.8. The van der Waals surface area contributed by atoms with Crippen LogP contribution >= 0.6 is 15.9 Å². The molecule has 0 unspecified atom stereocenters. The molecule has 108 valence electrons. The highest BCUT2D eigenvalue weighted by Crippen LogP contribution is 2.08. The molecule has 0 spiro atoms. The second kappa shape index (κ2) is 8.47. The van der Waals surface area contributed by atoms with Crippen LogP contribution in [0, 0.1) is 5.92 Å². The molecule has 0 aliphatic carbocycles. The lowest BCUT2D eigenvalue weighted by molar-refractivity contribution is -0.129. The topological polar surface area (TPSA) is 70.6 Å². The molecule has 0 saturated heterocycles. The molecule has 1 aromatic carbocycles. The Morgan fingerprint density at radius 2 is 1.90 bits per heavy atom. The Bertz CT molecular complexity index is 484. The summed E-state index contributed by atoms with van der Waals surface area (Å²) < 4.78 is 0.973. The molecule has 0 fully saturated rings. The molecule has 0 atom stereocenters. The van der Waals surface area contributed by atoms with Crippen LogP contribution in [0.2, 0.25) is 0 Å². The van der Waals surface area contributed by atoms with E-state index in [1.54, 1.807) is 0 Å². The predicted molar refractivity (Wildman–Crippen MR) is 82.3 cm³/mol. The van der Waals surface area contributed by atoms with Gasteiger partial charge in [-0.2, -0.15) is 5.10 Å². The number of halogens is 1. The van der Waals surface area contributed by atoms with Gasteiger partial charge in [0, 0.05) is 11.0 Å². The lowest BCUT2D eigenvalue weighted by Gasteiger charge is -2.06. The minimum atomic E-state index is -0.431. The molecule has 2 N–H and O–H groups in total. The molecular formula is C14H18BrN3O2. The third-order valence-corrected chi connectivity index (χ3v) is 2.83. The summed E-state index contributed by atoms with van der Waals surface area (Å²) in [4.78, 5) is 22.8. The fourth-order valence-corrected chi connectivity index (χ4v) is 1.56. The molecule has 0 radical (unpaired) electrons. The zero-order valence-electron chi connectivity index (χ0n) is 11.5. The number of carbonyl (C=O) groups excluding carboxylic acids is 2. The zero-order chi connectivity index (χ0) is 15.0. The Kier molecular flexibility index (Phi) is 6.93. The van der Waals surface area contributed by atoms with Crippen molar-refractivity contribution in [2.45, 2.75) is 20.3 Å². The number of hydrogen-bond donors (Lipinski definition) is 2. The van der Waals surface area contributed by atoms with E-state index in [4.69, 9.17) is 0 Å². The second-order valence-electron chi connectivity index (χ2n) is 4.72. The predicted octanol–water partition coefficient (Wildman–Crippen LogP) is 2.06. The van der Waals surface area contributed by atoms with E-state index in [0.717, 1.165) is 10.0 Å². The van der Waals surface area contributed by atoms with E-state index in [0.29, 0.717) is 12.5 Å². The van der Waals surface area contributed by atoms with Gasteiger partial charge in [-0.3, -0.25) is 9.59 Å². The molecule has 1 aromatic rings. The first-order valence-corrected chi connectivity index (χ1v) is 7.11. The van der Waals surface area contributed by atoms with Crippen LogP contribution in [0.15, 0.2) is 33.8 Å². The molecule has 1 rings (SSSR count). The second-order valence-corrected chi connectivity index (χ2v) is 5.64. The number of benzene rings is 1. The van der Waals surface area contributed by atoms with E-state index in [1.807, 2.05) is 38.1 Å². The average molecular weight is 340 g/mol. The van der Waals surface area contributed by atoms with E-state index in [9.17, 15) is 9.59 Å². The zero-order valence-corrected chi connectivity index (χ0v) is 13.1. The third kappa shape index (κ3) is 7.04. The molecule has 0 aliphatic heterocycles. The van der Waals surface area contributed by atoms with Crippen LogP contribution in [0.4, 0.5) is 0 Å². The lowest BCUT2D eigenvalue weighted by Crippen LogP contribution is -2.32. The molecule has 0 aliphatic rings. The van der Waals surface area contributed by atoms with Crippen LogP contribution in [-0.4, -0.2) is 24.6 Å². The summed E-state index contributed by atoms with van der Waals surface area (Å²) in [6, 6.07) is 7.47. The van der Waals surface area contributed by atoms with Gasteiger partial charge in [-0.25, -0.2) is 5.43 Å². The summed E-state index contributed by atoms with van der Waals surface area (Å²) in [6.07, 6.45) is 1.31. The van der Waals surface area contributed by atoms with E-state index >= 15 is 0 Å². The van der Waals surface area contributed by atoms with E-state index in [1.165, 1.54) is 6.21 Å². The van der Waals surface area contributed by atoms with Crippen molar-refractivity contribution in [1.29, 1.82) is 0 Å². The Labute approximate surface area is 127 Å². The maximum absolute atomic E-state index is 11.4. The van der Waals surface area contributed by atoms with Gasteiger partial charge in [-0.05, 0) is 23.6 Å². The van der Waals surface area contributed by atoms with Gasteiger partial charge in [-0.15, -0.1) is 0 Å². The van der Waals surface area contributed by atoms with Crippen LogP contribution < -0.4 is 10.7 Å². The smallest absolute Gasteiger partial charge is 0.249 e. The summed E-state index contributed by atoms with van der Waals surface area (Å²) in [5.74, 6) is -0.368. The number of carbonyl (C=O) groups is 2. The first kappa shape index (κ1) is 16.4. The van der Waals surface area contributed by atoms with Gasteiger partial charge in [0.05, 0.1) is 6.21 Å². The Balaban J connectivity index is 2.32. The number of hydrazone groups is 1. The minimum Gasteiger partial charge on any atom is -0.355 e. The molecule has 2 amide bonds. The lowest BCUT2D eigenvalue weighted by atomic mass is 10.2. The van der Waals surface area contributed by atoms with E-state index in [-0.39, 0.29) is 12.3 Å². The summed E-state index contributed by atoms with van der Waals surface area (Å²) in [5.41, 5.74) is 3.18. The van der Waals surface area contributed by atoms with Crippen LogP contribution in [0.5, 0.6) is 0 Å². The van der Waals surface area contributed by atoms with E-state index < -0.39 is 5.91 Å². The van der Waals surface area contributed by atoms with Crippen molar-refractivity contribution in [2.75, 3.05) is 6.54 Å². The summed E-state index contributed by atoms with van der Waals surface area (Å²) in [6.45, 7) is 4.54. The maximum atomic E-state index is 11.4. The highest BCUT2D eigenvalue weighted by Gasteiger charge is 2.08. The Morgan fingerprint density at radius 1 is 1.25 bits per heavy atom. The van der Waals surface area contributed by atoms with Crippen molar-refractivity contribution in [1.82, 2.24) is 10.7 Å². The van der Waals surface area contributed by atoms with Gasteiger partial charge in [0.1, 0.15) is 6.42 Å². The van der Waals surface area contributed by atoms with Gasteiger partial charge in [0.25, 0.3) is 0 Å². The number of hydrogen-bond acceptors (Lipinski definition) is 3. The molecule has 0 heterocycles. The maximum Gasteiger partial charge on any atom is 0.249 e. The van der Waals surface area contributed by atoms with E-state index in [2.05, 4.69) is 31.8 Å². The number of rotatable bonds is 6. The van der Waals surface area contributed by atoms with Gasteiger partial charge in [0.2, 0.25) is 11.8 Å². The minimum absolute atomic E-state index is 0.218. The van der Waals surface area contributed by atoms with Crippen LogP contribution in [0.3, 0.4) is 0 Å². The highest BCUT2D eigenvalue weighted by molar-refractivity contribution is 9.10. The van der Waals surface area contributed by atoms with Gasteiger partial charge >= 0.3 is 0 Å². The number of amides is 2. The fraction of sp³-hybridized carbons (Fsp3) is 0.357. The molecular weight excluding hydrogens is 322 g/mol. The quantitative estimate of drug-likeness (QED) is 0.473. The molecule has 0 saturated carbocycles. The molecule has 6 heteroatoms. The average Bonchev–Trinajstić information content (AvgIpc) is 2.38. The Hall–Kier alpha value is -1.69. The van der Waals surface area contributed by atoms with Gasteiger partial charge < -0.3 is 5.32 Å². The molecule has 5 nitrogen and oxygen atoms in total. The van der Waals surface area contributed by atoms with Crippen LogP contribution in [0.25, 0.3) is 0 Å². The van der Waals surface area contributed by atoms with Crippen molar-refractivity contribution in [3.8, 4) is 0 Å². The molecule has 20 heavy (non-hydrogen) atoms. The number of nitrogens with one attached hydrogen (secondary N) is 2. The van der Waals surface area contributed by atoms with Crippen molar-refractivity contribution in [3.05, 3.63) is 34.3 Å². The Morgan fingerprint density at radius 3 is 2.50 bits per heavy atom. The molecule has 0 bridgehead atoms. The summed E-state index contributed by atoms with van der Waals surface area (Å²) in [5, 5.41) is 6.47. The standard InChI is InChI=1S/C14H18BrN3O2/c1-10(2)8-16-13(19)7-14(20)18-17-9-11-3-5-12(15)6-4-11/h3-6,9-10H,7-8H2,1-2H3,(H,16,19)(H,18,20). The van der Waals surface area contributed by atoms with Gasteiger partial charge in [-0.1, -0.05) is 41.9 Å². The first-order chi connectivity index (χ1) is 9.47. The van der Waals surface area contributed by atoms with Crippen molar-refractivity contribution in [2.24, 2.45) is 11.0 Å². The number of nitrogens with zero attached hydrogens (tertiary/aromatic N) is 1. The van der Waals surface area contributed by atoms with Crippen molar-refractivity contribution < 1.29 is 9.59 Å². The van der Waals surface area contributed by atoms with Crippen LogP contribution in [0.1, 0.15) is 25.8 Å². The SMILES string of the molecule is CC(C)CNC(=O)CC(=O)NN=Cc1ccc(Br)cc1. The van der Waals surface area contributed by atoms with Gasteiger partial charge in [0.15, 0.2) is 0 Å². The third-order valence-electron chi connectivity index (χ3n) is 2.30. The monoisotopic (exact) mass is 339 g/mol. The molecule has 0 aromatic heterocycles.